The van der Waals surface area contributed by atoms with Crippen LogP contribution >= 0.6 is 0 Å². The van der Waals surface area contributed by atoms with Crippen LogP contribution in [0.3, 0.4) is 0 Å². The van der Waals surface area contributed by atoms with E-state index in [9.17, 15) is 24.5 Å². The number of amides is 3. The summed E-state index contributed by atoms with van der Waals surface area (Å²) in [4.78, 5) is 50.6. The predicted octanol–water partition coefficient (Wildman–Crippen LogP) is 2.09. The lowest BCUT2D eigenvalue weighted by Gasteiger charge is -2.35. The molecule has 2 unspecified atom stereocenters. The van der Waals surface area contributed by atoms with Crippen molar-refractivity contribution in [2.75, 3.05) is 19.6 Å². The Hall–Kier alpha value is -2.77. The Morgan fingerprint density at radius 1 is 1.19 bits per heavy atom. The van der Waals surface area contributed by atoms with Gasteiger partial charge in [0.2, 0.25) is 5.91 Å². The van der Waals surface area contributed by atoms with Crippen molar-refractivity contribution >= 4 is 23.4 Å². The van der Waals surface area contributed by atoms with Crippen LogP contribution in [0.1, 0.15) is 47.4 Å². The Balaban J connectivity index is 1.71. The molecule has 1 fully saturated rings. The molecule has 3 rings (SSSR count). The lowest BCUT2D eigenvalue weighted by Crippen LogP contribution is -2.44. The Bertz CT molecular complexity index is 781. The van der Waals surface area contributed by atoms with E-state index in [2.05, 4.69) is 13.8 Å². The van der Waals surface area contributed by atoms with Gasteiger partial charge >= 0.3 is 0 Å². The van der Waals surface area contributed by atoms with Crippen LogP contribution in [0.15, 0.2) is 18.2 Å². The minimum atomic E-state index is -0.703. The van der Waals surface area contributed by atoms with Gasteiger partial charge < -0.3 is 4.90 Å². The molecule has 8 nitrogen and oxygen atoms in total. The molecule has 0 N–H and O–H groups in total. The molecule has 2 atom stereocenters. The Kier molecular flexibility index (Phi) is 4.76. The number of nitrogens with zero attached hydrogens (tertiary/aromatic N) is 3. The van der Waals surface area contributed by atoms with Crippen molar-refractivity contribution < 1.29 is 19.3 Å². The Labute approximate surface area is 150 Å². The summed E-state index contributed by atoms with van der Waals surface area (Å²) < 4.78 is 0. The third-order valence-electron chi connectivity index (χ3n) is 4.94. The van der Waals surface area contributed by atoms with E-state index in [1.54, 1.807) is 4.90 Å². The second-order valence-electron chi connectivity index (χ2n) is 7.21. The third kappa shape index (κ3) is 3.18. The van der Waals surface area contributed by atoms with Crippen molar-refractivity contribution in [2.24, 2.45) is 11.8 Å². The molecule has 0 aromatic heterocycles. The fourth-order valence-corrected chi connectivity index (χ4v) is 3.90. The first kappa shape index (κ1) is 18.0. The molecule has 1 aromatic rings. The van der Waals surface area contributed by atoms with E-state index in [1.165, 1.54) is 18.2 Å². The van der Waals surface area contributed by atoms with Crippen molar-refractivity contribution in [1.82, 2.24) is 9.80 Å². The molecule has 0 saturated carbocycles. The lowest BCUT2D eigenvalue weighted by atomic mass is 9.92. The summed E-state index contributed by atoms with van der Waals surface area (Å²) in [6, 6.07) is 3.99. The van der Waals surface area contributed by atoms with Gasteiger partial charge in [-0.1, -0.05) is 19.9 Å². The fraction of sp³-hybridized carbons (Fsp3) is 0.500. The standard InChI is InChI=1S/C18H21N3O5/c1-11-8-12(2)10-19(9-11)15(22)6-7-20-17(23)13-4-3-5-14(21(25)26)16(13)18(20)24/h3-5,11-12H,6-10H2,1-2H3. The Morgan fingerprint density at radius 2 is 1.85 bits per heavy atom. The number of nitro groups is 1. The number of imide groups is 1. The number of nitro benzene ring substituents is 1. The quantitative estimate of drug-likeness (QED) is 0.465. The highest BCUT2D eigenvalue weighted by Crippen LogP contribution is 2.31. The summed E-state index contributed by atoms with van der Waals surface area (Å²) in [7, 11) is 0. The van der Waals surface area contributed by atoms with Gasteiger partial charge in [0.15, 0.2) is 0 Å². The number of carbonyl (C=O) groups is 3. The molecule has 2 aliphatic rings. The van der Waals surface area contributed by atoms with Crippen LogP contribution in [0, 0.1) is 22.0 Å². The van der Waals surface area contributed by atoms with Gasteiger partial charge in [0.1, 0.15) is 5.56 Å². The molecular weight excluding hydrogens is 338 g/mol. The molecule has 2 heterocycles. The first-order chi connectivity index (χ1) is 12.3. The van der Waals surface area contributed by atoms with Crippen molar-refractivity contribution in [3.63, 3.8) is 0 Å². The third-order valence-corrected chi connectivity index (χ3v) is 4.94. The van der Waals surface area contributed by atoms with E-state index in [1.807, 2.05) is 0 Å². The molecule has 0 aliphatic carbocycles. The second kappa shape index (κ2) is 6.86. The van der Waals surface area contributed by atoms with Gasteiger partial charge in [0.25, 0.3) is 17.5 Å². The first-order valence-corrected chi connectivity index (χ1v) is 8.71. The van der Waals surface area contributed by atoms with Crippen molar-refractivity contribution in [2.45, 2.75) is 26.7 Å². The van der Waals surface area contributed by atoms with Gasteiger partial charge in [0, 0.05) is 32.1 Å². The topological polar surface area (TPSA) is 101 Å². The zero-order valence-electron chi connectivity index (χ0n) is 14.8. The van der Waals surface area contributed by atoms with E-state index in [-0.39, 0.29) is 35.7 Å². The number of rotatable bonds is 4. The van der Waals surface area contributed by atoms with Gasteiger partial charge in [0.05, 0.1) is 10.5 Å². The highest BCUT2D eigenvalue weighted by Gasteiger charge is 2.41. The van der Waals surface area contributed by atoms with Gasteiger partial charge in [-0.15, -0.1) is 0 Å². The number of carbonyl (C=O) groups excluding carboxylic acids is 3. The summed E-state index contributed by atoms with van der Waals surface area (Å²) in [5, 5.41) is 11.1. The number of hydrogen-bond acceptors (Lipinski definition) is 5. The van der Waals surface area contributed by atoms with Gasteiger partial charge in [-0.05, 0) is 24.3 Å². The maximum absolute atomic E-state index is 12.5. The zero-order chi connectivity index (χ0) is 19.0. The molecule has 26 heavy (non-hydrogen) atoms. The molecule has 0 spiro atoms. The molecule has 8 heteroatoms. The normalized spacial score (nSPS) is 22.5. The first-order valence-electron chi connectivity index (χ1n) is 8.71. The van der Waals surface area contributed by atoms with Crippen LogP contribution < -0.4 is 0 Å². The van der Waals surface area contributed by atoms with E-state index in [4.69, 9.17) is 0 Å². The number of hydrogen-bond donors (Lipinski definition) is 0. The fourth-order valence-electron chi connectivity index (χ4n) is 3.90. The van der Waals surface area contributed by atoms with Crippen LogP contribution in [0.2, 0.25) is 0 Å². The Morgan fingerprint density at radius 3 is 2.46 bits per heavy atom. The summed E-state index contributed by atoms with van der Waals surface area (Å²) in [6.45, 7) is 5.48. The number of benzene rings is 1. The van der Waals surface area contributed by atoms with Crippen LogP contribution in [-0.4, -0.2) is 52.1 Å². The van der Waals surface area contributed by atoms with Crippen LogP contribution in [0.4, 0.5) is 5.69 Å². The summed E-state index contributed by atoms with van der Waals surface area (Å²) in [5.74, 6) is -0.545. The minimum absolute atomic E-state index is 0.0249. The maximum atomic E-state index is 12.5. The summed E-state index contributed by atoms with van der Waals surface area (Å²) >= 11 is 0. The molecule has 138 valence electrons. The SMILES string of the molecule is CC1CC(C)CN(C(=O)CCN2C(=O)c3cccc([N+](=O)[O-])c3C2=O)C1. The summed E-state index contributed by atoms with van der Waals surface area (Å²) in [5.41, 5.74) is -0.541. The largest absolute Gasteiger partial charge is 0.342 e. The zero-order valence-corrected chi connectivity index (χ0v) is 14.8. The highest BCUT2D eigenvalue weighted by molar-refractivity contribution is 6.23. The van der Waals surface area contributed by atoms with Gasteiger partial charge in [-0.2, -0.15) is 0 Å². The smallest absolute Gasteiger partial charge is 0.282 e. The monoisotopic (exact) mass is 359 g/mol. The average molecular weight is 359 g/mol. The maximum Gasteiger partial charge on any atom is 0.282 e. The highest BCUT2D eigenvalue weighted by atomic mass is 16.6. The van der Waals surface area contributed by atoms with Crippen LogP contribution in [0.5, 0.6) is 0 Å². The summed E-state index contributed by atoms with van der Waals surface area (Å²) in [6.07, 6.45) is 1.10. The van der Waals surface area contributed by atoms with E-state index in [0.29, 0.717) is 24.9 Å². The van der Waals surface area contributed by atoms with Crippen molar-refractivity contribution in [1.29, 1.82) is 0 Å². The van der Waals surface area contributed by atoms with E-state index < -0.39 is 16.7 Å². The molecule has 0 bridgehead atoms. The van der Waals surface area contributed by atoms with Crippen molar-refractivity contribution in [3.8, 4) is 0 Å². The molecule has 3 amide bonds. The van der Waals surface area contributed by atoms with E-state index in [0.717, 1.165) is 11.3 Å². The average Bonchev–Trinajstić information content (AvgIpc) is 2.83. The number of likely N-dealkylation sites (tertiary alicyclic amines) is 1. The van der Waals surface area contributed by atoms with Crippen LogP contribution in [0.25, 0.3) is 0 Å². The molecular formula is C18H21N3O5. The van der Waals surface area contributed by atoms with Crippen LogP contribution in [-0.2, 0) is 4.79 Å². The molecule has 0 radical (unpaired) electrons. The second-order valence-corrected chi connectivity index (χ2v) is 7.21. The van der Waals surface area contributed by atoms with Crippen molar-refractivity contribution in [3.05, 3.63) is 39.4 Å². The lowest BCUT2D eigenvalue weighted by molar-refractivity contribution is -0.385. The number of fused-ring (bicyclic) bond motifs is 1. The van der Waals surface area contributed by atoms with Gasteiger partial charge in [-0.3, -0.25) is 29.4 Å². The number of piperidine rings is 1. The molecule has 1 aromatic carbocycles. The van der Waals surface area contributed by atoms with E-state index >= 15 is 0 Å². The minimum Gasteiger partial charge on any atom is -0.342 e. The molecule has 2 aliphatic heterocycles. The molecule has 1 saturated heterocycles. The van der Waals surface area contributed by atoms with Gasteiger partial charge in [-0.25, -0.2) is 0 Å². The predicted molar refractivity (Wildman–Crippen MR) is 92.6 cm³/mol.